The van der Waals surface area contributed by atoms with E-state index in [1.54, 1.807) is 0 Å². The highest BCUT2D eigenvalue weighted by Crippen LogP contribution is 2.13. The Hall–Kier alpha value is -0.540. The second-order valence-electron chi connectivity index (χ2n) is 5.17. The summed E-state index contributed by atoms with van der Waals surface area (Å²) in [4.78, 5) is 11.7. The molecule has 0 spiro atoms. The molecule has 19 heavy (non-hydrogen) atoms. The standard InChI is InChI=1S/C15H27NO2.ClH/c1-3-4-5-6-7-13(2)15(17)18-12-14-8-10-16-11-9-14;/h7,14,16H,3-6,8-12H2,1-2H3;1H. The zero-order valence-corrected chi connectivity index (χ0v) is 13.1. The topological polar surface area (TPSA) is 38.3 Å². The van der Waals surface area contributed by atoms with Gasteiger partial charge in [-0.3, -0.25) is 0 Å². The molecule has 1 N–H and O–H groups in total. The van der Waals surface area contributed by atoms with Gasteiger partial charge in [0.1, 0.15) is 0 Å². The summed E-state index contributed by atoms with van der Waals surface area (Å²) in [6.45, 7) is 6.73. The molecule has 3 nitrogen and oxygen atoms in total. The Labute approximate surface area is 123 Å². The number of hydrogen-bond acceptors (Lipinski definition) is 3. The lowest BCUT2D eigenvalue weighted by molar-refractivity contribution is -0.140. The van der Waals surface area contributed by atoms with E-state index in [2.05, 4.69) is 12.2 Å². The number of esters is 1. The van der Waals surface area contributed by atoms with Crippen molar-refractivity contribution in [1.82, 2.24) is 5.32 Å². The monoisotopic (exact) mass is 289 g/mol. The molecule has 0 aliphatic carbocycles. The molecule has 0 bridgehead atoms. The van der Waals surface area contributed by atoms with Crippen LogP contribution in [-0.2, 0) is 9.53 Å². The van der Waals surface area contributed by atoms with E-state index >= 15 is 0 Å². The van der Waals surface area contributed by atoms with Crippen LogP contribution in [0.25, 0.3) is 0 Å². The fourth-order valence-electron chi connectivity index (χ4n) is 2.15. The zero-order valence-electron chi connectivity index (χ0n) is 12.2. The molecule has 0 aromatic heterocycles. The molecular weight excluding hydrogens is 262 g/mol. The van der Waals surface area contributed by atoms with Gasteiger partial charge in [0.15, 0.2) is 0 Å². The van der Waals surface area contributed by atoms with E-state index in [0.717, 1.165) is 44.3 Å². The fraction of sp³-hybridized carbons (Fsp3) is 0.800. The number of unbranched alkanes of at least 4 members (excludes halogenated alkanes) is 3. The van der Waals surface area contributed by atoms with Crippen LogP contribution in [0.3, 0.4) is 0 Å². The molecule has 0 atom stereocenters. The van der Waals surface area contributed by atoms with Gasteiger partial charge in [0.25, 0.3) is 0 Å². The summed E-state index contributed by atoms with van der Waals surface area (Å²) in [7, 11) is 0. The molecule has 4 heteroatoms. The van der Waals surface area contributed by atoms with E-state index < -0.39 is 0 Å². The van der Waals surface area contributed by atoms with E-state index in [0.29, 0.717) is 12.5 Å². The number of allylic oxidation sites excluding steroid dienone is 1. The normalized spacial score (nSPS) is 16.8. The van der Waals surface area contributed by atoms with Crippen molar-refractivity contribution in [2.45, 2.75) is 52.4 Å². The number of piperidine rings is 1. The second kappa shape index (κ2) is 11.3. The fourth-order valence-corrected chi connectivity index (χ4v) is 2.15. The molecule has 0 aromatic rings. The maximum absolute atomic E-state index is 11.7. The molecule has 0 saturated carbocycles. The SMILES string of the molecule is CCCCCC=C(C)C(=O)OCC1CCNCC1.Cl. The molecule has 1 aliphatic rings. The molecule has 1 fully saturated rings. The van der Waals surface area contributed by atoms with Gasteiger partial charge in [0.2, 0.25) is 0 Å². The number of ether oxygens (including phenoxy) is 1. The van der Waals surface area contributed by atoms with Crippen LogP contribution in [0.5, 0.6) is 0 Å². The van der Waals surface area contributed by atoms with Gasteiger partial charge in [-0.25, -0.2) is 4.79 Å². The summed E-state index contributed by atoms with van der Waals surface area (Å²) in [5.41, 5.74) is 0.764. The highest BCUT2D eigenvalue weighted by atomic mass is 35.5. The molecule has 1 heterocycles. The summed E-state index contributed by atoms with van der Waals surface area (Å²) in [5.74, 6) is 0.410. The first kappa shape index (κ1) is 18.5. The summed E-state index contributed by atoms with van der Waals surface area (Å²) < 4.78 is 5.37. The van der Waals surface area contributed by atoms with Crippen molar-refractivity contribution in [2.24, 2.45) is 5.92 Å². The summed E-state index contributed by atoms with van der Waals surface area (Å²) in [6, 6.07) is 0. The first-order valence-electron chi connectivity index (χ1n) is 7.28. The van der Waals surface area contributed by atoms with Crippen LogP contribution in [0.4, 0.5) is 0 Å². The van der Waals surface area contributed by atoms with Crippen molar-refractivity contribution in [3.63, 3.8) is 0 Å². The molecular formula is C15H28ClNO2. The smallest absolute Gasteiger partial charge is 0.333 e. The Morgan fingerprint density at radius 3 is 2.63 bits per heavy atom. The van der Waals surface area contributed by atoms with Crippen molar-refractivity contribution in [3.8, 4) is 0 Å². The first-order chi connectivity index (χ1) is 8.74. The molecule has 1 aliphatic heterocycles. The number of carbonyl (C=O) groups excluding carboxylic acids is 1. The van der Waals surface area contributed by atoms with Crippen molar-refractivity contribution >= 4 is 18.4 Å². The van der Waals surface area contributed by atoms with Crippen molar-refractivity contribution in [2.75, 3.05) is 19.7 Å². The predicted molar refractivity (Wildman–Crippen MR) is 81.7 cm³/mol. The zero-order chi connectivity index (χ0) is 13.2. The van der Waals surface area contributed by atoms with Crippen molar-refractivity contribution < 1.29 is 9.53 Å². The van der Waals surface area contributed by atoms with Gasteiger partial charge in [-0.05, 0) is 51.6 Å². The quantitative estimate of drug-likeness (QED) is 0.443. The molecule has 0 unspecified atom stereocenters. The van der Waals surface area contributed by atoms with Gasteiger partial charge < -0.3 is 10.1 Å². The van der Waals surface area contributed by atoms with Gasteiger partial charge >= 0.3 is 5.97 Å². The Kier molecular flexibility index (Phi) is 11.0. The third kappa shape index (κ3) is 8.27. The Morgan fingerprint density at radius 2 is 2.00 bits per heavy atom. The lowest BCUT2D eigenvalue weighted by Gasteiger charge is -2.22. The van der Waals surface area contributed by atoms with Crippen LogP contribution in [0.2, 0.25) is 0 Å². The first-order valence-corrected chi connectivity index (χ1v) is 7.28. The third-order valence-corrected chi connectivity index (χ3v) is 3.49. The van der Waals surface area contributed by atoms with Gasteiger partial charge in [-0.15, -0.1) is 12.4 Å². The lowest BCUT2D eigenvalue weighted by atomic mass is 9.99. The minimum Gasteiger partial charge on any atom is -0.462 e. The van der Waals surface area contributed by atoms with Crippen molar-refractivity contribution in [3.05, 3.63) is 11.6 Å². The maximum Gasteiger partial charge on any atom is 0.333 e. The van der Waals surface area contributed by atoms with Crippen LogP contribution < -0.4 is 5.32 Å². The maximum atomic E-state index is 11.7. The number of rotatable bonds is 7. The van der Waals surface area contributed by atoms with Gasteiger partial charge in [-0.2, -0.15) is 0 Å². The van der Waals surface area contributed by atoms with Crippen LogP contribution >= 0.6 is 12.4 Å². The summed E-state index contributed by atoms with van der Waals surface area (Å²) in [5, 5.41) is 3.31. The minimum absolute atomic E-state index is 0. The average Bonchev–Trinajstić information content (AvgIpc) is 2.42. The number of halogens is 1. The van der Waals surface area contributed by atoms with Crippen LogP contribution in [0.1, 0.15) is 52.4 Å². The van der Waals surface area contributed by atoms with Gasteiger partial charge in [0, 0.05) is 5.57 Å². The highest BCUT2D eigenvalue weighted by Gasteiger charge is 2.15. The van der Waals surface area contributed by atoms with Crippen LogP contribution in [0, 0.1) is 5.92 Å². The Morgan fingerprint density at radius 1 is 1.32 bits per heavy atom. The molecule has 112 valence electrons. The van der Waals surface area contributed by atoms with Crippen LogP contribution in [-0.4, -0.2) is 25.7 Å². The third-order valence-electron chi connectivity index (χ3n) is 3.49. The number of nitrogens with one attached hydrogen (secondary N) is 1. The van der Waals surface area contributed by atoms with E-state index in [1.165, 1.54) is 12.8 Å². The number of hydrogen-bond donors (Lipinski definition) is 1. The van der Waals surface area contributed by atoms with E-state index in [1.807, 2.05) is 13.0 Å². The highest BCUT2D eigenvalue weighted by molar-refractivity contribution is 5.87. The van der Waals surface area contributed by atoms with Gasteiger partial charge in [-0.1, -0.05) is 25.8 Å². The van der Waals surface area contributed by atoms with Crippen molar-refractivity contribution in [1.29, 1.82) is 0 Å². The Balaban J connectivity index is 0.00000324. The largest absolute Gasteiger partial charge is 0.462 e. The lowest BCUT2D eigenvalue weighted by Crippen LogP contribution is -2.30. The van der Waals surface area contributed by atoms with E-state index in [9.17, 15) is 4.79 Å². The molecule has 0 aromatic carbocycles. The van der Waals surface area contributed by atoms with Gasteiger partial charge in [0.05, 0.1) is 6.61 Å². The average molecular weight is 290 g/mol. The molecule has 0 amide bonds. The Bertz CT molecular complexity index is 273. The summed E-state index contributed by atoms with van der Waals surface area (Å²) in [6.07, 6.45) is 8.85. The summed E-state index contributed by atoms with van der Waals surface area (Å²) >= 11 is 0. The van der Waals surface area contributed by atoms with E-state index in [-0.39, 0.29) is 18.4 Å². The minimum atomic E-state index is -0.134. The number of carbonyl (C=O) groups is 1. The predicted octanol–water partition coefficient (Wildman–Crippen LogP) is 3.48. The molecule has 1 rings (SSSR count). The van der Waals surface area contributed by atoms with E-state index in [4.69, 9.17) is 4.74 Å². The molecule has 0 radical (unpaired) electrons. The second-order valence-corrected chi connectivity index (χ2v) is 5.17. The van der Waals surface area contributed by atoms with Crippen LogP contribution in [0.15, 0.2) is 11.6 Å². The molecule has 1 saturated heterocycles.